The summed E-state index contributed by atoms with van der Waals surface area (Å²) in [6.45, 7) is 20.7. The number of aromatic nitrogens is 2. The van der Waals surface area contributed by atoms with Crippen LogP contribution in [0, 0.1) is 13.5 Å². The topological polar surface area (TPSA) is 144 Å². The van der Waals surface area contributed by atoms with Gasteiger partial charge in [0.1, 0.15) is 44.0 Å². The van der Waals surface area contributed by atoms with Crippen LogP contribution in [0.15, 0.2) is 15.8 Å². The third-order valence-corrected chi connectivity index (χ3v) is 10.7. The minimum absolute atomic E-state index is 0.00407. The minimum atomic E-state index is -2.92. The molecule has 1 unspecified atom stereocenters. The minimum Gasteiger partial charge on any atom is -0.382 e. The lowest BCUT2D eigenvalue weighted by molar-refractivity contribution is -0.124. The van der Waals surface area contributed by atoms with E-state index in [0.29, 0.717) is 5.56 Å². The quantitative estimate of drug-likeness (QED) is 0.142. The van der Waals surface area contributed by atoms with Crippen LogP contribution in [0.3, 0.4) is 0 Å². The standard InChI is InChI=1S/C27H48N4O10P2/c1-17(2)31(18(3)4)42(39-13-12-28-6)41-21-20(23(36-8)26(37-9)43(10,11)34)40-25(22(21)38-15-14-35-7)30-16-19(5)24(32)29-27(30)33/h16-18,20-23,25-26H,12-15H2,1-5,7-11H3,(H,29,32,33)/t20-,21+,22+,23+,25+,26+,42?/m0/s1. The second-order valence-electron chi connectivity index (χ2n) is 11.1. The molecule has 7 atom stereocenters. The third-order valence-electron chi connectivity index (χ3n) is 6.84. The van der Waals surface area contributed by atoms with E-state index in [1.807, 2.05) is 27.7 Å². The number of nitrogens with zero attached hydrogens (tertiary/aromatic N) is 3. The van der Waals surface area contributed by atoms with Crippen molar-refractivity contribution < 1.29 is 37.3 Å². The van der Waals surface area contributed by atoms with Crippen molar-refractivity contribution in [3.8, 4) is 0 Å². The van der Waals surface area contributed by atoms with Crippen LogP contribution in [-0.4, -0.2) is 118 Å². The summed E-state index contributed by atoms with van der Waals surface area (Å²) in [5.41, 5.74) is -0.926. The molecule has 1 fully saturated rings. The summed E-state index contributed by atoms with van der Waals surface area (Å²) in [6.07, 6.45) is -3.42. The van der Waals surface area contributed by atoms with Crippen LogP contribution in [0.5, 0.6) is 0 Å². The Morgan fingerprint density at radius 2 is 1.74 bits per heavy atom. The number of aromatic amines is 1. The molecule has 0 amide bonds. The van der Waals surface area contributed by atoms with Gasteiger partial charge in [-0.2, -0.15) is 0 Å². The molecule has 1 aromatic rings. The van der Waals surface area contributed by atoms with Crippen LogP contribution in [0.2, 0.25) is 0 Å². The molecule has 0 aromatic carbocycles. The van der Waals surface area contributed by atoms with E-state index in [-0.39, 0.29) is 38.4 Å². The Morgan fingerprint density at radius 3 is 2.26 bits per heavy atom. The number of ether oxygens (including phenoxy) is 5. The number of methoxy groups -OCH3 is 3. The van der Waals surface area contributed by atoms with Crippen LogP contribution < -0.4 is 11.2 Å². The van der Waals surface area contributed by atoms with E-state index in [1.54, 1.807) is 20.3 Å². The van der Waals surface area contributed by atoms with Crippen LogP contribution >= 0.6 is 15.7 Å². The van der Waals surface area contributed by atoms with Crippen LogP contribution in [-0.2, 0) is 37.3 Å². The largest absolute Gasteiger partial charge is 0.382 e. The molecule has 0 spiro atoms. The summed E-state index contributed by atoms with van der Waals surface area (Å²) in [7, 11) is -0.280. The molecule has 2 rings (SSSR count). The average Bonchev–Trinajstić information content (AvgIpc) is 3.25. The van der Waals surface area contributed by atoms with Gasteiger partial charge in [-0.3, -0.25) is 14.3 Å². The lowest BCUT2D eigenvalue weighted by atomic mass is 10.1. The van der Waals surface area contributed by atoms with E-state index in [2.05, 4.69) is 14.5 Å². The van der Waals surface area contributed by atoms with Gasteiger partial charge in [-0.15, -0.1) is 0 Å². The molecule has 1 aliphatic heterocycles. The fourth-order valence-corrected chi connectivity index (χ4v) is 8.29. The summed E-state index contributed by atoms with van der Waals surface area (Å²) in [6, 6.07) is 0.00814. The molecule has 1 N–H and O–H groups in total. The first kappa shape index (κ1) is 37.7. The van der Waals surface area contributed by atoms with Crippen LogP contribution in [0.25, 0.3) is 4.85 Å². The van der Waals surface area contributed by atoms with Gasteiger partial charge in [0.25, 0.3) is 14.1 Å². The fourth-order valence-electron chi connectivity index (χ4n) is 5.04. The summed E-state index contributed by atoms with van der Waals surface area (Å²) in [5.74, 6) is -0.887. The van der Waals surface area contributed by atoms with Crippen molar-refractivity contribution in [1.82, 2.24) is 14.2 Å². The van der Waals surface area contributed by atoms with E-state index >= 15 is 0 Å². The molecule has 2 heterocycles. The van der Waals surface area contributed by atoms with E-state index < -0.39 is 63.4 Å². The predicted molar refractivity (Wildman–Crippen MR) is 164 cm³/mol. The smallest absolute Gasteiger partial charge is 0.330 e. The maximum absolute atomic E-state index is 13.4. The summed E-state index contributed by atoms with van der Waals surface area (Å²) in [4.78, 5) is 31.0. The number of nitrogens with one attached hydrogen (secondary N) is 1. The Kier molecular flexibility index (Phi) is 15.1. The molecule has 1 saturated heterocycles. The highest BCUT2D eigenvalue weighted by Gasteiger charge is 2.55. The summed E-state index contributed by atoms with van der Waals surface area (Å²) in [5, 5.41) is 0. The zero-order valence-electron chi connectivity index (χ0n) is 26.8. The molecule has 0 bridgehead atoms. The van der Waals surface area contributed by atoms with Gasteiger partial charge >= 0.3 is 5.69 Å². The van der Waals surface area contributed by atoms with Gasteiger partial charge < -0.3 is 42.1 Å². The third kappa shape index (κ3) is 9.75. The Hall–Kier alpha value is -1.49. The van der Waals surface area contributed by atoms with Crippen molar-refractivity contribution in [1.29, 1.82) is 0 Å². The summed E-state index contributed by atoms with van der Waals surface area (Å²) >= 11 is 0. The van der Waals surface area contributed by atoms with Crippen molar-refractivity contribution in [2.24, 2.45) is 0 Å². The first-order valence-corrected chi connectivity index (χ1v) is 17.9. The SMILES string of the molecule is [C-]#[N+]CCOP(O[C@@H]1[C@@H]([C@@H](OC)[C@H](OC)P(C)(C)=O)O[C@@H](n2cc(C)c(=O)[nH]c2=O)[C@@H]1OCCOC)N(C(C)C)C(C)C. The second kappa shape index (κ2) is 17.3. The molecule has 1 aliphatic rings. The highest BCUT2D eigenvalue weighted by Crippen LogP contribution is 2.53. The van der Waals surface area contributed by atoms with Gasteiger partial charge in [-0.1, -0.05) is 0 Å². The lowest BCUT2D eigenvalue weighted by Gasteiger charge is -2.39. The lowest BCUT2D eigenvalue weighted by Crippen LogP contribution is -2.48. The predicted octanol–water partition coefficient (Wildman–Crippen LogP) is 3.05. The Bertz CT molecular complexity index is 1210. The highest BCUT2D eigenvalue weighted by atomic mass is 31.2. The number of rotatable bonds is 18. The Labute approximate surface area is 255 Å². The molecule has 1 aromatic heterocycles. The first-order chi connectivity index (χ1) is 20.2. The van der Waals surface area contributed by atoms with E-state index in [1.165, 1.54) is 32.1 Å². The van der Waals surface area contributed by atoms with Crippen molar-refractivity contribution >= 4 is 15.7 Å². The normalized spacial score (nSPS) is 23.2. The highest BCUT2D eigenvalue weighted by molar-refractivity contribution is 7.62. The first-order valence-electron chi connectivity index (χ1n) is 14.1. The van der Waals surface area contributed by atoms with E-state index in [9.17, 15) is 14.2 Å². The Morgan fingerprint density at radius 1 is 1.09 bits per heavy atom. The van der Waals surface area contributed by atoms with Crippen molar-refractivity contribution in [3.05, 3.63) is 44.0 Å². The van der Waals surface area contributed by atoms with E-state index in [4.69, 9.17) is 39.3 Å². The number of hydrogen-bond acceptors (Lipinski definition) is 11. The number of hydrogen-bond donors (Lipinski definition) is 1. The molecule has 14 nitrogen and oxygen atoms in total. The van der Waals surface area contributed by atoms with Crippen LogP contribution in [0.1, 0.15) is 39.5 Å². The molecular formula is C27H48N4O10P2. The molecule has 0 aliphatic carbocycles. The van der Waals surface area contributed by atoms with Crippen LogP contribution in [0.4, 0.5) is 0 Å². The van der Waals surface area contributed by atoms with Gasteiger partial charge in [0.05, 0.1) is 13.2 Å². The zero-order valence-corrected chi connectivity index (χ0v) is 28.6. The number of aryl methyl sites for hydroxylation is 1. The molecule has 16 heteroatoms. The molecular weight excluding hydrogens is 602 g/mol. The van der Waals surface area contributed by atoms with Crippen molar-refractivity contribution in [3.63, 3.8) is 0 Å². The zero-order chi connectivity index (χ0) is 32.5. The Balaban J connectivity index is 2.77. The maximum Gasteiger partial charge on any atom is 0.330 e. The monoisotopic (exact) mass is 650 g/mol. The van der Waals surface area contributed by atoms with Gasteiger partial charge in [-0.25, -0.2) is 16.0 Å². The van der Waals surface area contributed by atoms with E-state index in [0.717, 1.165) is 0 Å². The van der Waals surface area contributed by atoms with Crippen molar-refractivity contribution in [2.75, 3.05) is 61.0 Å². The molecule has 0 saturated carbocycles. The molecule has 246 valence electrons. The maximum atomic E-state index is 13.4. The van der Waals surface area contributed by atoms with Gasteiger partial charge in [0.15, 0.2) is 6.23 Å². The summed E-state index contributed by atoms with van der Waals surface area (Å²) < 4.78 is 59.3. The van der Waals surface area contributed by atoms with Gasteiger partial charge in [0.2, 0.25) is 6.54 Å². The fraction of sp³-hybridized carbons (Fsp3) is 0.815. The number of H-pyrrole nitrogens is 1. The van der Waals surface area contributed by atoms with Gasteiger partial charge in [-0.05, 0) is 47.9 Å². The van der Waals surface area contributed by atoms with Gasteiger partial charge in [0, 0.05) is 45.2 Å². The second-order valence-corrected chi connectivity index (χ2v) is 15.9. The molecule has 43 heavy (non-hydrogen) atoms. The average molecular weight is 651 g/mol. The van der Waals surface area contributed by atoms with Crippen molar-refractivity contribution in [2.45, 2.75) is 83.2 Å². The molecule has 0 radical (unpaired) electrons.